The van der Waals surface area contributed by atoms with E-state index in [9.17, 15) is 77.4 Å². The summed E-state index contributed by atoms with van der Waals surface area (Å²) in [6.07, 6.45) is -1.86. The van der Waals surface area contributed by atoms with E-state index in [0.717, 1.165) is 36.4 Å². The fraction of sp³-hybridized carbons (Fsp3) is 0.263. The van der Waals surface area contributed by atoms with Crippen LogP contribution in [-0.2, 0) is 40.5 Å². The van der Waals surface area contributed by atoms with Crippen molar-refractivity contribution in [3.05, 3.63) is 59.1 Å². The van der Waals surface area contributed by atoms with E-state index >= 15 is 0 Å². The van der Waals surface area contributed by atoms with Crippen molar-refractivity contribution in [3.63, 3.8) is 0 Å². The lowest BCUT2D eigenvalue weighted by molar-refractivity contribution is 0.177. The molecule has 0 aliphatic carbocycles. The molecule has 0 saturated heterocycles. The van der Waals surface area contributed by atoms with Crippen molar-refractivity contribution in [2.45, 2.75) is 45.6 Å². The van der Waals surface area contributed by atoms with Crippen LogP contribution in [-0.4, -0.2) is 159 Å². The second kappa shape index (κ2) is 23.2. The zero-order valence-electron chi connectivity index (χ0n) is 38.6. The van der Waals surface area contributed by atoms with Gasteiger partial charge in [0.25, 0.3) is 40.5 Å². The molecule has 6 rings (SSSR count). The second-order valence-corrected chi connectivity index (χ2v) is 22.0. The molecule has 0 aliphatic heterocycles. The number of nitrogens with zero attached hydrogens (tertiary/aromatic N) is 12. The molecule has 0 saturated carbocycles. The number of azo groups is 2. The van der Waals surface area contributed by atoms with Gasteiger partial charge in [-0.05, 0) is 91.0 Å². The number of rotatable bonds is 22. The fourth-order valence-corrected chi connectivity index (χ4v) is 9.70. The highest BCUT2D eigenvalue weighted by Gasteiger charge is 2.29. The number of aromatic hydroxyl groups is 1. The number of fused-ring (bicyclic) bond motifs is 1. The molecular weight excluding hydrogens is 1140 g/mol. The van der Waals surface area contributed by atoms with Crippen LogP contribution in [0.25, 0.3) is 10.8 Å². The maximum atomic E-state index is 12.8. The molecule has 13 N–H and O–H groups in total. The van der Waals surface area contributed by atoms with E-state index in [2.05, 4.69) is 61.0 Å². The minimum atomic E-state index is -5.53. The number of nitrogens with two attached hydrogens (primary N) is 1. The van der Waals surface area contributed by atoms with Crippen molar-refractivity contribution < 1.29 is 77.4 Å². The van der Waals surface area contributed by atoms with Crippen LogP contribution in [0.1, 0.15) is 13.8 Å². The van der Waals surface area contributed by atoms with Gasteiger partial charge in [-0.2, -0.15) is 63.6 Å². The molecule has 0 fully saturated rings. The smallest absolute Gasteiger partial charge is 0.296 e. The molecule has 0 bridgehead atoms. The van der Waals surface area contributed by atoms with Gasteiger partial charge in [0.1, 0.15) is 42.3 Å². The van der Waals surface area contributed by atoms with E-state index in [1.54, 1.807) is 0 Å². The molecule has 2 aromatic heterocycles. The van der Waals surface area contributed by atoms with Gasteiger partial charge in [0, 0.05) is 37.6 Å². The second-order valence-electron chi connectivity index (χ2n) is 15.7. The first-order valence-electron chi connectivity index (χ1n) is 21.0. The molecule has 4 aromatic carbocycles. The lowest BCUT2D eigenvalue weighted by atomic mass is 10.1. The average molecular weight is 1180 g/mol. The number of aliphatic hydroxyl groups excluding tert-OH is 4. The molecule has 0 aliphatic rings. The van der Waals surface area contributed by atoms with E-state index in [4.69, 9.17) is 28.9 Å². The Morgan fingerprint density at radius 1 is 0.579 bits per heavy atom. The summed E-state index contributed by atoms with van der Waals surface area (Å²) in [6.45, 7) is 1.92. The lowest BCUT2D eigenvalue weighted by Crippen LogP contribution is -2.37. The molecule has 0 spiro atoms. The minimum Gasteiger partial charge on any atom is -0.505 e. The molecule has 2 heterocycles. The lowest BCUT2D eigenvalue weighted by Gasteiger charge is -2.25. The SMILES string of the molecule is CC(O)CN(CC(C)O)c1nc(Cl)nc(Nc2ccc(S(=O)(=O)O)c(/N=N/c3c(S(=O)(=O)O)cc4cc(S(=O)(=O)O)c(/N=N/c5cc(Nc6nc(Cl)nc(N(CCO)CCO)n6)ccc5S(=O)(=O)O)c(O)c4c3N)c2)n1. The minimum absolute atomic E-state index is 0.0480. The maximum absolute atomic E-state index is 12.8. The first kappa shape index (κ1) is 58.5. The van der Waals surface area contributed by atoms with Gasteiger partial charge in [-0.25, -0.2) is 0 Å². The van der Waals surface area contributed by atoms with Gasteiger partial charge in [-0.3, -0.25) is 18.2 Å². The third-order valence-electron chi connectivity index (χ3n) is 9.84. The summed E-state index contributed by atoms with van der Waals surface area (Å²) in [5.41, 5.74) is 1.31. The molecule has 6 aromatic rings. The standard InChI is InChI=1S/C38H41Cl2N15O17S4/c1-17(58)15-55(16-18(2)59)38-47-34(40)45-36(49-38)43-20-3-5-24(73(61,62)63)22(13-20)50-52-30-26(75(67,68)69)11-19-12-27(76(70,71)72)31(32(60)28(19)29(30)41)53-51-23-14-21(4-6-25(23)74(64,65)66)42-35-44-33(39)46-37(48-35)54(7-9-56)8-10-57/h3-6,11-14,17-18,56-60H,7-10,15-16,41H2,1-2H3,(H,61,62,63)(H,64,65,66)(H,67,68,69)(H,70,71,72)(H,42,44,46,48)(H,43,45,47,49)/b52-50+,53-51+. The fourth-order valence-electron chi connectivity index (χ4n) is 6.86. The predicted molar refractivity (Wildman–Crippen MR) is 269 cm³/mol. The summed E-state index contributed by atoms with van der Waals surface area (Å²) < 4.78 is 142. The van der Waals surface area contributed by atoms with Crippen molar-refractivity contribution in [2.24, 2.45) is 20.5 Å². The summed E-state index contributed by atoms with van der Waals surface area (Å²) >= 11 is 12.2. The number of phenols is 1. The van der Waals surface area contributed by atoms with Crippen LogP contribution in [0.15, 0.2) is 88.6 Å². The van der Waals surface area contributed by atoms with E-state index in [1.807, 2.05) is 0 Å². The van der Waals surface area contributed by atoms with Gasteiger partial charge in [0.2, 0.25) is 34.4 Å². The van der Waals surface area contributed by atoms with Gasteiger partial charge in [-0.15, -0.1) is 20.5 Å². The monoisotopic (exact) mass is 1180 g/mol. The molecule has 2 unspecified atom stereocenters. The molecule has 32 nitrogen and oxygen atoms in total. The molecule has 0 amide bonds. The first-order valence-corrected chi connectivity index (χ1v) is 27.5. The van der Waals surface area contributed by atoms with Crippen LogP contribution in [0.4, 0.5) is 63.6 Å². The number of aliphatic hydroxyl groups is 4. The number of phenolic OH excluding ortho intramolecular Hbond substituents is 1. The molecule has 0 radical (unpaired) electrons. The number of aromatic nitrogens is 6. The van der Waals surface area contributed by atoms with E-state index in [-0.39, 0.29) is 85.1 Å². The van der Waals surface area contributed by atoms with Gasteiger partial charge in [0.15, 0.2) is 5.75 Å². The molecular formula is C38H41Cl2N15O17S4. The number of hydrogen-bond acceptors (Lipinski definition) is 28. The first-order chi connectivity index (χ1) is 35.4. The Kier molecular flexibility index (Phi) is 17.9. The third kappa shape index (κ3) is 14.4. The van der Waals surface area contributed by atoms with Crippen LogP contribution >= 0.6 is 23.2 Å². The third-order valence-corrected chi connectivity index (χ3v) is 13.7. The number of hydrogen-bond donors (Lipinski definition) is 12. The Labute approximate surface area is 439 Å². The maximum Gasteiger partial charge on any atom is 0.296 e. The highest BCUT2D eigenvalue weighted by molar-refractivity contribution is 7.86. The van der Waals surface area contributed by atoms with Crippen molar-refractivity contribution in [3.8, 4) is 5.75 Å². The van der Waals surface area contributed by atoms with E-state index in [0.29, 0.717) is 12.1 Å². The zero-order valence-corrected chi connectivity index (χ0v) is 43.4. The van der Waals surface area contributed by atoms with Gasteiger partial charge >= 0.3 is 0 Å². The Hall–Kier alpha value is -6.78. The Balaban J connectivity index is 1.49. The summed E-state index contributed by atoms with van der Waals surface area (Å²) in [4.78, 5) is 22.4. The van der Waals surface area contributed by atoms with Crippen molar-refractivity contribution in [1.82, 2.24) is 29.9 Å². The number of nitrogen functional groups attached to an aromatic ring is 1. The van der Waals surface area contributed by atoms with Crippen molar-refractivity contribution >= 4 is 138 Å². The number of halogens is 2. The van der Waals surface area contributed by atoms with Crippen LogP contribution < -0.4 is 26.2 Å². The van der Waals surface area contributed by atoms with Crippen LogP contribution in [0.5, 0.6) is 5.75 Å². The number of anilines is 7. The van der Waals surface area contributed by atoms with E-state index in [1.165, 1.54) is 23.6 Å². The number of benzene rings is 4. The highest BCUT2D eigenvalue weighted by Crippen LogP contribution is 2.49. The normalized spacial score (nSPS) is 13.4. The molecule has 408 valence electrons. The predicted octanol–water partition coefficient (Wildman–Crippen LogP) is 3.47. The summed E-state index contributed by atoms with van der Waals surface area (Å²) in [6, 6.07) is 6.58. The Morgan fingerprint density at radius 3 is 1.37 bits per heavy atom. The van der Waals surface area contributed by atoms with Gasteiger partial charge in [0.05, 0.1) is 36.5 Å². The van der Waals surface area contributed by atoms with Crippen LogP contribution in [0.3, 0.4) is 0 Å². The zero-order chi connectivity index (χ0) is 56.2. The van der Waals surface area contributed by atoms with Crippen LogP contribution in [0, 0.1) is 0 Å². The molecule has 38 heteroatoms. The largest absolute Gasteiger partial charge is 0.505 e. The summed E-state index contributed by atoms with van der Waals surface area (Å²) in [5.74, 6) is -2.16. The van der Waals surface area contributed by atoms with Crippen molar-refractivity contribution in [2.75, 3.05) is 65.6 Å². The summed E-state index contributed by atoms with van der Waals surface area (Å²) in [5, 5.41) is 68.7. The number of nitrogens with one attached hydrogen (secondary N) is 2. The topological polar surface area (TPSA) is 502 Å². The van der Waals surface area contributed by atoms with Crippen LogP contribution in [0.2, 0.25) is 10.6 Å². The Bertz CT molecular complexity index is 3740. The molecule has 76 heavy (non-hydrogen) atoms. The quantitative estimate of drug-likeness (QED) is 0.0263. The Morgan fingerprint density at radius 2 is 0.974 bits per heavy atom. The van der Waals surface area contributed by atoms with Gasteiger partial charge in [-0.1, -0.05) is 0 Å². The van der Waals surface area contributed by atoms with Gasteiger partial charge < -0.3 is 51.7 Å². The highest BCUT2D eigenvalue weighted by atomic mass is 35.5. The van der Waals surface area contributed by atoms with E-state index < -0.39 is 117 Å². The molecule has 2 atom stereocenters. The average Bonchev–Trinajstić information content (AvgIpc) is 3.29. The van der Waals surface area contributed by atoms with Crippen molar-refractivity contribution in [1.29, 1.82) is 0 Å². The summed E-state index contributed by atoms with van der Waals surface area (Å²) in [7, 11) is -21.4.